The average molecular weight is 229 g/mol. The standard InChI is InChI=1S/C13H15N3O/c1-2-4-10(5-3-1)8-12-15-13(17-16-12)9-14-11-6-7-11/h1-5,11,14H,6-9H2. The van der Waals surface area contributed by atoms with Crippen molar-refractivity contribution in [2.75, 3.05) is 0 Å². The SMILES string of the molecule is c1ccc(Cc2noc(CNC3CC3)n2)cc1. The number of nitrogens with one attached hydrogen (secondary N) is 1. The second-order valence-corrected chi connectivity index (χ2v) is 4.42. The Balaban J connectivity index is 1.59. The Hall–Kier alpha value is -1.68. The third-order valence-corrected chi connectivity index (χ3v) is 2.83. The van der Waals surface area contributed by atoms with Crippen LogP contribution in [-0.4, -0.2) is 16.2 Å². The minimum Gasteiger partial charge on any atom is -0.338 e. The third-order valence-electron chi connectivity index (χ3n) is 2.83. The minimum absolute atomic E-state index is 0.666. The number of aromatic nitrogens is 2. The molecule has 1 heterocycles. The summed E-state index contributed by atoms with van der Waals surface area (Å²) < 4.78 is 5.19. The molecule has 0 unspecified atom stereocenters. The molecule has 17 heavy (non-hydrogen) atoms. The molecule has 0 radical (unpaired) electrons. The molecule has 4 nitrogen and oxygen atoms in total. The van der Waals surface area contributed by atoms with E-state index in [1.807, 2.05) is 18.2 Å². The zero-order chi connectivity index (χ0) is 11.5. The van der Waals surface area contributed by atoms with E-state index >= 15 is 0 Å². The number of benzene rings is 1. The van der Waals surface area contributed by atoms with Gasteiger partial charge in [-0.25, -0.2) is 0 Å². The van der Waals surface area contributed by atoms with Gasteiger partial charge >= 0.3 is 0 Å². The summed E-state index contributed by atoms with van der Waals surface area (Å²) in [4.78, 5) is 4.36. The summed E-state index contributed by atoms with van der Waals surface area (Å²) in [7, 11) is 0. The predicted molar refractivity (Wildman–Crippen MR) is 63.4 cm³/mol. The van der Waals surface area contributed by atoms with Crippen LogP contribution in [0.3, 0.4) is 0 Å². The molecule has 2 aromatic rings. The quantitative estimate of drug-likeness (QED) is 0.851. The van der Waals surface area contributed by atoms with E-state index in [4.69, 9.17) is 4.52 Å². The van der Waals surface area contributed by atoms with Crippen LogP contribution in [0.2, 0.25) is 0 Å². The first-order valence-electron chi connectivity index (χ1n) is 5.99. The lowest BCUT2D eigenvalue weighted by atomic mass is 10.1. The van der Waals surface area contributed by atoms with Gasteiger partial charge in [-0.2, -0.15) is 4.98 Å². The van der Waals surface area contributed by atoms with Gasteiger partial charge in [0.2, 0.25) is 5.89 Å². The number of hydrogen-bond donors (Lipinski definition) is 1. The molecule has 1 aromatic heterocycles. The first-order valence-corrected chi connectivity index (χ1v) is 5.99. The summed E-state index contributed by atoms with van der Waals surface area (Å²) in [6, 6.07) is 10.8. The molecule has 1 fully saturated rings. The fourth-order valence-electron chi connectivity index (χ4n) is 1.73. The van der Waals surface area contributed by atoms with Crippen LogP contribution < -0.4 is 5.32 Å². The van der Waals surface area contributed by atoms with Crippen LogP contribution in [0, 0.1) is 0 Å². The molecule has 1 N–H and O–H groups in total. The predicted octanol–water partition coefficient (Wildman–Crippen LogP) is 1.91. The molecule has 1 aliphatic carbocycles. The monoisotopic (exact) mass is 229 g/mol. The summed E-state index contributed by atoms with van der Waals surface area (Å²) in [5.41, 5.74) is 1.20. The van der Waals surface area contributed by atoms with Gasteiger partial charge in [0.15, 0.2) is 5.82 Å². The molecule has 0 bridgehead atoms. The van der Waals surface area contributed by atoms with Crippen LogP contribution in [0.15, 0.2) is 34.9 Å². The van der Waals surface area contributed by atoms with Gasteiger partial charge in [0, 0.05) is 12.5 Å². The van der Waals surface area contributed by atoms with E-state index in [-0.39, 0.29) is 0 Å². The van der Waals surface area contributed by atoms with Gasteiger partial charge in [-0.3, -0.25) is 0 Å². The largest absolute Gasteiger partial charge is 0.338 e. The van der Waals surface area contributed by atoms with Crippen molar-refractivity contribution >= 4 is 0 Å². The highest BCUT2D eigenvalue weighted by molar-refractivity contribution is 5.18. The maximum Gasteiger partial charge on any atom is 0.240 e. The molecule has 0 saturated heterocycles. The van der Waals surface area contributed by atoms with Crippen LogP contribution in [-0.2, 0) is 13.0 Å². The van der Waals surface area contributed by atoms with Crippen LogP contribution >= 0.6 is 0 Å². The molecule has 88 valence electrons. The lowest BCUT2D eigenvalue weighted by molar-refractivity contribution is 0.363. The Morgan fingerprint density at radius 3 is 2.82 bits per heavy atom. The normalized spacial score (nSPS) is 15.1. The van der Waals surface area contributed by atoms with E-state index in [2.05, 4.69) is 27.6 Å². The molecule has 0 amide bonds. The fourth-order valence-corrected chi connectivity index (χ4v) is 1.73. The second kappa shape index (κ2) is 4.67. The topological polar surface area (TPSA) is 51.0 Å². The lowest BCUT2D eigenvalue weighted by Crippen LogP contribution is -2.15. The molecular formula is C13H15N3O. The summed E-state index contributed by atoms with van der Waals surface area (Å²) in [6.07, 6.45) is 3.27. The molecule has 0 spiro atoms. The molecular weight excluding hydrogens is 214 g/mol. The van der Waals surface area contributed by atoms with Gasteiger partial charge < -0.3 is 9.84 Å². The molecule has 0 aliphatic heterocycles. The highest BCUT2D eigenvalue weighted by atomic mass is 16.5. The first-order chi connectivity index (χ1) is 8.40. The maximum absolute atomic E-state index is 5.19. The summed E-state index contributed by atoms with van der Waals surface area (Å²) in [6.45, 7) is 0.687. The Morgan fingerprint density at radius 2 is 2.06 bits per heavy atom. The van der Waals surface area contributed by atoms with Crippen molar-refractivity contribution in [3.63, 3.8) is 0 Å². The van der Waals surface area contributed by atoms with Crippen molar-refractivity contribution in [3.05, 3.63) is 47.6 Å². The fraction of sp³-hybridized carbons (Fsp3) is 0.385. The van der Waals surface area contributed by atoms with Gasteiger partial charge in [0.1, 0.15) is 0 Å². The Bertz CT molecular complexity index is 476. The molecule has 4 heteroatoms. The second-order valence-electron chi connectivity index (χ2n) is 4.42. The lowest BCUT2D eigenvalue weighted by Gasteiger charge is -1.95. The van der Waals surface area contributed by atoms with Crippen molar-refractivity contribution in [1.29, 1.82) is 0 Å². The number of rotatable bonds is 5. The Morgan fingerprint density at radius 1 is 1.24 bits per heavy atom. The van der Waals surface area contributed by atoms with Crippen molar-refractivity contribution in [2.45, 2.75) is 31.8 Å². The molecule has 1 aliphatic rings. The zero-order valence-electron chi connectivity index (χ0n) is 9.60. The van der Waals surface area contributed by atoms with Crippen molar-refractivity contribution < 1.29 is 4.52 Å². The highest BCUT2D eigenvalue weighted by Crippen LogP contribution is 2.19. The van der Waals surface area contributed by atoms with E-state index in [9.17, 15) is 0 Å². The highest BCUT2D eigenvalue weighted by Gasteiger charge is 2.21. The molecule has 1 aromatic carbocycles. The van der Waals surface area contributed by atoms with Gasteiger partial charge in [0.05, 0.1) is 6.54 Å². The molecule has 1 saturated carbocycles. The van der Waals surface area contributed by atoms with E-state index in [0.717, 1.165) is 12.2 Å². The first kappa shape index (κ1) is 10.5. The van der Waals surface area contributed by atoms with E-state index in [0.29, 0.717) is 18.5 Å². The van der Waals surface area contributed by atoms with E-state index in [1.165, 1.54) is 18.4 Å². The van der Waals surface area contributed by atoms with Crippen LogP contribution in [0.4, 0.5) is 0 Å². The van der Waals surface area contributed by atoms with Gasteiger partial charge in [-0.15, -0.1) is 0 Å². The zero-order valence-corrected chi connectivity index (χ0v) is 9.60. The van der Waals surface area contributed by atoms with Crippen LogP contribution in [0.5, 0.6) is 0 Å². The van der Waals surface area contributed by atoms with Gasteiger partial charge in [-0.05, 0) is 18.4 Å². The van der Waals surface area contributed by atoms with Crippen LogP contribution in [0.25, 0.3) is 0 Å². The summed E-state index contributed by atoms with van der Waals surface area (Å²) in [5.74, 6) is 1.44. The number of hydrogen-bond acceptors (Lipinski definition) is 4. The summed E-state index contributed by atoms with van der Waals surface area (Å²) in [5, 5.41) is 7.34. The number of nitrogens with zero attached hydrogens (tertiary/aromatic N) is 2. The van der Waals surface area contributed by atoms with E-state index in [1.54, 1.807) is 0 Å². The molecule has 3 rings (SSSR count). The van der Waals surface area contributed by atoms with Gasteiger partial charge in [0.25, 0.3) is 0 Å². The Kier molecular flexibility index (Phi) is 2.88. The summed E-state index contributed by atoms with van der Waals surface area (Å²) >= 11 is 0. The molecule has 0 atom stereocenters. The van der Waals surface area contributed by atoms with Crippen molar-refractivity contribution in [3.8, 4) is 0 Å². The Labute approximate surface area is 100 Å². The average Bonchev–Trinajstić information content (AvgIpc) is 3.09. The van der Waals surface area contributed by atoms with Crippen LogP contribution in [0.1, 0.15) is 30.1 Å². The van der Waals surface area contributed by atoms with Gasteiger partial charge in [-0.1, -0.05) is 35.5 Å². The minimum atomic E-state index is 0.666. The van der Waals surface area contributed by atoms with E-state index < -0.39 is 0 Å². The van der Waals surface area contributed by atoms with Crippen molar-refractivity contribution in [2.24, 2.45) is 0 Å². The third kappa shape index (κ3) is 2.91. The van der Waals surface area contributed by atoms with Crippen molar-refractivity contribution in [1.82, 2.24) is 15.5 Å². The smallest absolute Gasteiger partial charge is 0.240 e. The maximum atomic E-state index is 5.19.